The van der Waals surface area contributed by atoms with Crippen LogP contribution in [0.4, 0.5) is 0 Å². The molecule has 0 fully saturated rings. The summed E-state index contributed by atoms with van der Waals surface area (Å²) in [6, 6.07) is 11.3. The van der Waals surface area contributed by atoms with Gasteiger partial charge in [0.2, 0.25) is 0 Å². The standard InChI is InChI=1S/C16H10O3/c17-14-8-7-13-11-5-2-1-4-10(11)12-6-3-9-18-15(12)16(13)19-14/h1-8H,9H2. The zero-order chi connectivity index (χ0) is 12.8. The van der Waals surface area contributed by atoms with Gasteiger partial charge in [0.25, 0.3) is 0 Å². The Hall–Kier alpha value is -2.55. The number of ether oxygens (including phenoxy) is 1. The monoisotopic (exact) mass is 250 g/mol. The molecular weight excluding hydrogens is 240 g/mol. The van der Waals surface area contributed by atoms with Gasteiger partial charge in [-0.1, -0.05) is 30.3 Å². The van der Waals surface area contributed by atoms with E-state index in [9.17, 15) is 4.79 Å². The molecule has 0 aliphatic carbocycles. The Kier molecular flexibility index (Phi) is 2.03. The van der Waals surface area contributed by atoms with Crippen LogP contribution in [0.15, 0.2) is 51.7 Å². The molecule has 3 aromatic rings. The molecule has 1 aromatic heterocycles. The molecule has 2 heterocycles. The molecule has 3 heteroatoms. The summed E-state index contributed by atoms with van der Waals surface area (Å²) in [6.45, 7) is 0.499. The highest BCUT2D eigenvalue weighted by molar-refractivity contribution is 6.12. The first-order valence-corrected chi connectivity index (χ1v) is 6.12. The number of rotatable bonds is 0. The van der Waals surface area contributed by atoms with Gasteiger partial charge in [0, 0.05) is 17.0 Å². The number of hydrogen-bond acceptors (Lipinski definition) is 3. The predicted octanol–water partition coefficient (Wildman–Crippen LogP) is 3.35. The lowest BCUT2D eigenvalue weighted by Crippen LogP contribution is -2.04. The summed E-state index contributed by atoms with van der Waals surface area (Å²) in [4.78, 5) is 11.5. The minimum absolute atomic E-state index is 0.358. The first-order valence-electron chi connectivity index (χ1n) is 6.12. The second-order valence-corrected chi connectivity index (χ2v) is 4.50. The van der Waals surface area contributed by atoms with E-state index < -0.39 is 0 Å². The van der Waals surface area contributed by atoms with Crippen LogP contribution >= 0.6 is 0 Å². The molecule has 19 heavy (non-hydrogen) atoms. The van der Waals surface area contributed by atoms with Crippen LogP contribution in [0.5, 0.6) is 5.75 Å². The van der Waals surface area contributed by atoms with Crippen LogP contribution < -0.4 is 10.4 Å². The first-order chi connectivity index (χ1) is 9.34. The van der Waals surface area contributed by atoms with Crippen LogP contribution in [0.2, 0.25) is 0 Å². The zero-order valence-corrected chi connectivity index (χ0v) is 10.1. The summed E-state index contributed by atoms with van der Waals surface area (Å²) in [7, 11) is 0. The van der Waals surface area contributed by atoms with E-state index in [0.29, 0.717) is 17.9 Å². The molecule has 0 bridgehead atoms. The van der Waals surface area contributed by atoms with Crippen LogP contribution in [0.3, 0.4) is 0 Å². The normalized spacial score (nSPS) is 13.5. The van der Waals surface area contributed by atoms with E-state index in [1.807, 2.05) is 30.4 Å². The molecule has 3 nitrogen and oxygen atoms in total. The minimum atomic E-state index is -0.358. The average molecular weight is 250 g/mol. The van der Waals surface area contributed by atoms with Gasteiger partial charge >= 0.3 is 5.63 Å². The molecule has 4 rings (SSSR count). The minimum Gasteiger partial charge on any atom is -0.485 e. The van der Waals surface area contributed by atoms with Gasteiger partial charge in [-0.15, -0.1) is 0 Å². The van der Waals surface area contributed by atoms with E-state index in [-0.39, 0.29) is 5.63 Å². The van der Waals surface area contributed by atoms with E-state index in [4.69, 9.17) is 9.15 Å². The van der Waals surface area contributed by atoms with Crippen molar-refractivity contribution >= 4 is 27.8 Å². The Labute approximate surface area is 108 Å². The van der Waals surface area contributed by atoms with Crippen LogP contribution in [0.1, 0.15) is 5.56 Å². The number of fused-ring (bicyclic) bond motifs is 6. The van der Waals surface area contributed by atoms with Gasteiger partial charge in [0.1, 0.15) is 6.61 Å². The fraction of sp³-hybridized carbons (Fsp3) is 0.0625. The van der Waals surface area contributed by atoms with E-state index >= 15 is 0 Å². The lowest BCUT2D eigenvalue weighted by molar-refractivity contribution is 0.355. The maximum atomic E-state index is 11.5. The van der Waals surface area contributed by atoms with Gasteiger partial charge in [-0.3, -0.25) is 0 Å². The SMILES string of the molecule is O=c1ccc2c(o1)c1c(c3ccccc32)C=CCO1. The maximum Gasteiger partial charge on any atom is 0.336 e. The summed E-state index contributed by atoms with van der Waals surface area (Å²) < 4.78 is 11.0. The molecule has 2 aromatic carbocycles. The molecule has 0 saturated carbocycles. The summed E-state index contributed by atoms with van der Waals surface area (Å²) in [6.07, 6.45) is 3.98. The highest BCUT2D eigenvalue weighted by Gasteiger charge is 2.17. The Morgan fingerprint density at radius 1 is 0.947 bits per heavy atom. The van der Waals surface area contributed by atoms with Gasteiger partial charge in [-0.25, -0.2) is 4.79 Å². The molecule has 0 N–H and O–H groups in total. The average Bonchev–Trinajstić information content (AvgIpc) is 2.47. The Bertz CT molecular complexity index is 888. The number of benzene rings is 2. The van der Waals surface area contributed by atoms with Crippen molar-refractivity contribution in [1.29, 1.82) is 0 Å². The molecule has 92 valence electrons. The van der Waals surface area contributed by atoms with Crippen LogP contribution in [-0.4, -0.2) is 6.61 Å². The molecule has 0 amide bonds. The van der Waals surface area contributed by atoms with Crippen LogP contribution in [0, 0.1) is 0 Å². The quantitative estimate of drug-likeness (QED) is 0.453. The van der Waals surface area contributed by atoms with Crippen molar-refractivity contribution in [2.45, 2.75) is 0 Å². The van der Waals surface area contributed by atoms with Gasteiger partial charge in [-0.2, -0.15) is 0 Å². The Balaban J connectivity index is 2.34. The third-order valence-corrected chi connectivity index (χ3v) is 3.40. The fourth-order valence-corrected chi connectivity index (χ4v) is 2.60. The smallest absolute Gasteiger partial charge is 0.336 e. The lowest BCUT2D eigenvalue weighted by atomic mass is 9.98. The Morgan fingerprint density at radius 2 is 1.79 bits per heavy atom. The van der Waals surface area contributed by atoms with Crippen molar-refractivity contribution in [3.8, 4) is 5.75 Å². The van der Waals surface area contributed by atoms with Gasteiger partial charge in [0.15, 0.2) is 11.3 Å². The van der Waals surface area contributed by atoms with E-state index in [0.717, 1.165) is 21.7 Å². The molecule has 0 saturated heterocycles. The molecule has 1 aliphatic rings. The summed E-state index contributed by atoms with van der Waals surface area (Å²) in [5.41, 5.74) is 1.15. The van der Waals surface area contributed by atoms with Crippen LogP contribution in [0.25, 0.3) is 27.8 Å². The summed E-state index contributed by atoms with van der Waals surface area (Å²) in [5, 5.41) is 3.08. The first kappa shape index (κ1) is 10.4. The summed E-state index contributed by atoms with van der Waals surface area (Å²) in [5.74, 6) is 0.661. The van der Waals surface area contributed by atoms with Crippen molar-refractivity contribution in [3.05, 3.63) is 58.5 Å². The van der Waals surface area contributed by atoms with Gasteiger partial charge in [0.05, 0.1) is 0 Å². The molecule has 0 spiro atoms. The highest BCUT2D eigenvalue weighted by Crippen LogP contribution is 2.39. The van der Waals surface area contributed by atoms with Crippen LogP contribution in [-0.2, 0) is 0 Å². The Morgan fingerprint density at radius 3 is 2.68 bits per heavy atom. The molecule has 0 radical (unpaired) electrons. The molecule has 1 aliphatic heterocycles. The van der Waals surface area contributed by atoms with Gasteiger partial charge < -0.3 is 9.15 Å². The van der Waals surface area contributed by atoms with E-state index in [1.54, 1.807) is 6.07 Å². The summed E-state index contributed by atoms with van der Waals surface area (Å²) >= 11 is 0. The van der Waals surface area contributed by atoms with E-state index in [1.165, 1.54) is 6.07 Å². The number of hydrogen-bond donors (Lipinski definition) is 0. The lowest BCUT2D eigenvalue weighted by Gasteiger charge is -2.16. The van der Waals surface area contributed by atoms with Crippen molar-refractivity contribution < 1.29 is 9.15 Å². The van der Waals surface area contributed by atoms with Crippen molar-refractivity contribution in [1.82, 2.24) is 0 Å². The largest absolute Gasteiger partial charge is 0.485 e. The third kappa shape index (κ3) is 1.41. The highest BCUT2D eigenvalue weighted by atomic mass is 16.5. The second-order valence-electron chi connectivity index (χ2n) is 4.50. The molecular formula is C16H10O3. The molecule has 0 unspecified atom stereocenters. The van der Waals surface area contributed by atoms with Crippen molar-refractivity contribution in [2.24, 2.45) is 0 Å². The second kappa shape index (κ2) is 3.72. The fourth-order valence-electron chi connectivity index (χ4n) is 2.60. The predicted molar refractivity (Wildman–Crippen MR) is 74.5 cm³/mol. The van der Waals surface area contributed by atoms with Crippen molar-refractivity contribution in [3.63, 3.8) is 0 Å². The van der Waals surface area contributed by atoms with E-state index in [2.05, 4.69) is 6.07 Å². The zero-order valence-electron chi connectivity index (χ0n) is 10.1. The maximum absolute atomic E-state index is 11.5. The van der Waals surface area contributed by atoms with Crippen molar-refractivity contribution in [2.75, 3.05) is 6.61 Å². The molecule has 0 atom stereocenters. The van der Waals surface area contributed by atoms with Gasteiger partial charge in [-0.05, 0) is 22.9 Å². The topological polar surface area (TPSA) is 39.4 Å². The third-order valence-electron chi connectivity index (χ3n) is 3.40.